The number of likely N-dealkylation sites (N-methyl/N-ethyl adjacent to an activating group) is 1. The Labute approximate surface area is 129 Å². The molecule has 6 heteroatoms. The Morgan fingerprint density at radius 1 is 1.33 bits per heavy atom. The molecule has 0 aromatic heterocycles. The summed E-state index contributed by atoms with van der Waals surface area (Å²) in [6.45, 7) is 6.77. The Balaban J connectivity index is 2.73. The van der Waals surface area contributed by atoms with Crippen molar-refractivity contribution in [2.45, 2.75) is 33.2 Å². The van der Waals surface area contributed by atoms with Crippen molar-refractivity contribution in [3.05, 3.63) is 28.8 Å². The maximum atomic E-state index is 12.0. The number of nitrogens with zero attached hydrogens (tertiary/aromatic N) is 1. The molecule has 116 valence electrons. The summed E-state index contributed by atoms with van der Waals surface area (Å²) in [7, 11) is 0. The molecule has 0 aliphatic rings. The van der Waals surface area contributed by atoms with E-state index >= 15 is 0 Å². The quantitative estimate of drug-likeness (QED) is 0.812. The standard InChI is InChI=1S/C15H21ClN2O3/c1-4-18(5-2)13(15(20)21)9-14(19)17-11-7-6-10(3)12(16)8-11/h6-8,13H,4-5,9H2,1-3H3,(H,17,19)(H,20,21). The number of carbonyl (C=O) groups excluding carboxylic acids is 1. The largest absolute Gasteiger partial charge is 0.480 e. The van der Waals surface area contributed by atoms with Crippen LogP contribution in [-0.2, 0) is 9.59 Å². The molecule has 0 heterocycles. The van der Waals surface area contributed by atoms with Crippen molar-refractivity contribution in [2.24, 2.45) is 0 Å². The summed E-state index contributed by atoms with van der Waals surface area (Å²) in [4.78, 5) is 25.1. The van der Waals surface area contributed by atoms with Crippen LogP contribution in [0.4, 0.5) is 5.69 Å². The summed E-state index contributed by atoms with van der Waals surface area (Å²) in [6, 6.07) is 4.38. The summed E-state index contributed by atoms with van der Waals surface area (Å²) in [5.41, 5.74) is 1.49. The van der Waals surface area contributed by atoms with Crippen molar-refractivity contribution >= 4 is 29.2 Å². The molecule has 21 heavy (non-hydrogen) atoms. The Kier molecular flexibility index (Phi) is 6.65. The van der Waals surface area contributed by atoms with Crippen LogP contribution >= 0.6 is 11.6 Å². The van der Waals surface area contributed by atoms with Crippen molar-refractivity contribution in [3.8, 4) is 0 Å². The zero-order valence-corrected chi connectivity index (χ0v) is 13.3. The van der Waals surface area contributed by atoms with E-state index in [0.717, 1.165) is 5.56 Å². The maximum Gasteiger partial charge on any atom is 0.321 e. The molecule has 1 atom stereocenters. The molecule has 1 aromatic carbocycles. The zero-order valence-electron chi connectivity index (χ0n) is 12.5. The highest BCUT2D eigenvalue weighted by Gasteiger charge is 2.26. The summed E-state index contributed by atoms with van der Waals surface area (Å²) in [5.74, 6) is -1.33. The van der Waals surface area contributed by atoms with Gasteiger partial charge in [-0.1, -0.05) is 31.5 Å². The topological polar surface area (TPSA) is 69.6 Å². The van der Waals surface area contributed by atoms with Gasteiger partial charge in [-0.15, -0.1) is 0 Å². The second-order valence-corrected chi connectivity index (χ2v) is 5.20. The van der Waals surface area contributed by atoms with Crippen molar-refractivity contribution in [3.63, 3.8) is 0 Å². The number of amides is 1. The van der Waals surface area contributed by atoms with Crippen LogP contribution in [0.2, 0.25) is 5.02 Å². The van der Waals surface area contributed by atoms with E-state index in [4.69, 9.17) is 11.6 Å². The fourth-order valence-electron chi connectivity index (χ4n) is 2.10. The second-order valence-electron chi connectivity index (χ2n) is 4.79. The number of nitrogens with one attached hydrogen (secondary N) is 1. The molecule has 0 aliphatic heterocycles. The molecule has 0 radical (unpaired) electrons. The lowest BCUT2D eigenvalue weighted by molar-refractivity contribution is -0.145. The third kappa shape index (κ3) is 5.02. The van der Waals surface area contributed by atoms with E-state index in [2.05, 4.69) is 5.32 Å². The monoisotopic (exact) mass is 312 g/mol. The lowest BCUT2D eigenvalue weighted by Gasteiger charge is -2.25. The smallest absolute Gasteiger partial charge is 0.321 e. The van der Waals surface area contributed by atoms with Crippen molar-refractivity contribution in [1.29, 1.82) is 0 Å². The van der Waals surface area contributed by atoms with Crippen molar-refractivity contribution in [2.75, 3.05) is 18.4 Å². The summed E-state index contributed by atoms with van der Waals surface area (Å²) in [5, 5.41) is 12.5. The van der Waals surface area contributed by atoms with Crippen LogP contribution < -0.4 is 5.32 Å². The normalized spacial score (nSPS) is 12.2. The van der Waals surface area contributed by atoms with Gasteiger partial charge < -0.3 is 10.4 Å². The van der Waals surface area contributed by atoms with Crippen LogP contribution in [0.25, 0.3) is 0 Å². The minimum Gasteiger partial charge on any atom is -0.480 e. The van der Waals surface area contributed by atoms with Gasteiger partial charge in [-0.2, -0.15) is 0 Å². The van der Waals surface area contributed by atoms with Gasteiger partial charge in [0.25, 0.3) is 0 Å². The molecule has 1 rings (SSSR count). The lowest BCUT2D eigenvalue weighted by atomic mass is 10.1. The van der Waals surface area contributed by atoms with E-state index in [0.29, 0.717) is 23.8 Å². The molecule has 0 aliphatic carbocycles. The maximum absolute atomic E-state index is 12.0. The average molecular weight is 313 g/mol. The number of aryl methyl sites for hydroxylation is 1. The van der Waals surface area contributed by atoms with Crippen LogP contribution in [-0.4, -0.2) is 41.0 Å². The fourth-order valence-corrected chi connectivity index (χ4v) is 2.28. The van der Waals surface area contributed by atoms with Gasteiger partial charge in [-0.3, -0.25) is 14.5 Å². The van der Waals surface area contributed by atoms with Crippen LogP contribution in [0.15, 0.2) is 18.2 Å². The van der Waals surface area contributed by atoms with Gasteiger partial charge in [-0.25, -0.2) is 0 Å². The van der Waals surface area contributed by atoms with Crippen LogP contribution in [0.3, 0.4) is 0 Å². The number of rotatable bonds is 7. The van der Waals surface area contributed by atoms with Crippen molar-refractivity contribution in [1.82, 2.24) is 4.90 Å². The lowest BCUT2D eigenvalue weighted by Crippen LogP contribution is -2.43. The molecular formula is C15H21ClN2O3. The van der Waals surface area contributed by atoms with Crippen LogP contribution in [0, 0.1) is 6.92 Å². The molecule has 0 saturated carbocycles. The van der Waals surface area contributed by atoms with Gasteiger partial charge in [0.15, 0.2) is 0 Å². The molecule has 1 amide bonds. The summed E-state index contributed by atoms with van der Waals surface area (Å²) in [6.07, 6.45) is -0.0947. The number of carbonyl (C=O) groups is 2. The first kappa shape index (κ1) is 17.5. The van der Waals surface area contributed by atoms with Gasteiger partial charge in [0.05, 0.1) is 6.42 Å². The molecule has 5 nitrogen and oxygen atoms in total. The number of hydrogen-bond donors (Lipinski definition) is 2. The van der Waals surface area contributed by atoms with Crippen molar-refractivity contribution < 1.29 is 14.7 Å². The third-order valence-electron chi connectivity index (χ3n) is 3.37. The van der Waals surface area contributed by atoms with E-state index in [1.165, 1.54) is 0 Å². The number of benzene rings is 1. The van der Waals surface area contributed by atoms with Gasteiger partial charge in [-0.05, 0) is 37.7 Å². The van der Waals surface area contributed by atoms with Crippen LogP contribution in [0.5, 0.6) is 0 Å². The Morgan fingerprint density at radius 3 is 2.43 bits per heavy atom. The molecule has 0 spiro atoms. The summed E-state index contributed by atoms with van der Waals surface area (Å²) >= 11 is 6.00. The highest BCUT2D eigenvalue weighted by molar-refractivity contribution is 6.31. The molecule has 0 fully saturated rings. The molecule has 1 aromatic rings. The van der Waals surface area contributed by atoms with E-state index in [9.17, 15) is 14.7 Å². The summed E-state index contributed by atoms with van der Waals surface area (Å²) < 4.78 is 0. The highest BCUT2D eigenvalue weighted by Crippen LogP contribution is 2.20. The minimum atomic E-state index is -0.990. The third-order valence-corrected chi connectivity index (χ3v) is 3.78. The van der Waals surface area contributed by atoms with E-state index in [1.54, 1.807) is 23.1 Å². The number of carboxylic acids is 1. The molecule has 1 unspecified atom stereocenters. The van der Waals surface area contributed by atoms with Gasteiger partial charge >= 0.3 is 5.97 Å². The fraction of sp³-hybridized carbons (Fsp3) is 0.467. The van der Waals surface area contributed by atoms with Gasteiger partial charge in [0.1, 0.15) is 6.04 Å². The molecule has 0 saturated heterocycles. The SMILES string of the molecule is CCN(CC)C(CC(=O)Nc1ccc(C)c(Cl)c1)C(=O)O. The molecular weight excluding hydrogens is 292 g/mol. The Hall–Kier alpha value is -1.59. The Bertz CT molecular complexity index is 516. The first-order chi connectivity index (χ1) is 9.88. The Morgan fingerprint density at radius 2 is 1.95 bits per heavy atom. The molecule has 0 bridgehead atoms. The number of halogens is 1. The van der Waals surface area contributed by atoms with Gasteiger partial charge in [0.2, 0.25) is 5.91 Å². The highest BCUT2D eigenvalue weighted by atomic mass is 35.5. The predicted molar refractivity (Wildman–Crippen MR) is 83.8 cm³/mol. The zero-order chi connectivity index (χ0) is 16.0. The number of carboxylic acid groups (broad SMARTS) is 1. The molecule has 2 N–H and O–H groups in total. The minimum absolute atomic E-state index is 0.0947. The van der Waals surface area contributed by atoms with E-state index in [-0.39, 0.29) is 12.3 Å². The average Bonchev–Trinajstić information content (AvgIpc) is 2.43. The first-order valence-electron chi connectivity index (χ1n) is 6.91. The van der Waals surface area contributed by atoms with Crippen LogP contribution in [0.1, 0.15) is 25.8 Å². The van der Waals surface area contributed by atoms with Gasteiger partial charge in [0, 0.05) is 10.7 Å². The number of aliphatic carboxylic acids is 1. The van der Waals surface area contributed by atoms with E-state index < -0.39 is 12.0 Å². The number of anilines is 1. The second kappa shape index (κ2) is 8.00. The predicted octanol–water partition coefficient (Wildman–Crippen LogP) is 2.77. The first-order valence-corrected chi connectivity index (χ1v) is 7.29. The number of hydrogen-bond acceptors (Lipinski definition) is 3. The van der Waals surface area contributed by atoms with E-state index in [1.807, 2.05) is 20.8 Å².